The molecule has 2 amide bonds. The number of carbonyl (C=O) groups is 4. The number of hydrogen-bond donors (Lipinski definition) is 1. The number of fused-ring (bicyclic) bond motifs is 3. The number of Topliss-reactive ketones (excluding diaryl/α,β-unsaturated/α-hetero) is 1. The van der Waals surface area contributed by atoms with Crippen LogP contribution in [0.4, 0.5) is 13.2 Å². The number of carbonyl (C=O) groups excluding carboxylic acids is 4. The molecule has 0 unspecified atom stereocenters. The van der Waals surface area contributed by atoms with E-state index in [0.29, 0.717) is 49.8 Å². The van der Waals surface area contributed by atoms with E-state index in [1.54, 1.807) is 13.1 Å². The van der Waals surface area contributed by atoms with Crippen LogP contribution >= 0.6 is 0 Å². The fourth-order valence-electron chi connectivity index (χ4n) is 8.20. The predicted octanol–water partition coefficient (Wildman–Crippen LogP) is 6.46. The molecule has 2 aliphatic heterocycles. The molecule has 1 aromatic carbocycles. The fourth-order valence-corrected chi connectivity index (χ4v) is 9.58. The summed E-state index contributed by atoms with van der Waals surface area (Å²) in [7, 11) is -3.93. The first-order valence-electron chi connectivity index (χ1n) is 19.9. The highest BCUT2D eigenvalue weighted by atomic mass is 32.2. The molecule has 12 nitrogen and oxygen atoms in total. The Labute approximate surface area is 331 Å². The van der Waals surface area contributed by atoms with Crippen molar-refractivity contribution in [2.24, 2.45) is 29.1 Å². The number of aromatic nitrogens is 1. The summed E-state index contributed by atoms with van der Waals surface area (Å²) in [5.41, 5.74) is -1.36. The average molecular weight is 820 g/mol. The maximum Gasteiger partial charge on any atom is 0.425 e. The zero-order valence-electron chi connectivity index (χ0n) is 32.8. The van der Waals surface area contributed by atoms with Crippen molar-refractivity contribution in [3.8, 4) is 11.6 Å². The molecule has 0 bridgehead atoms. The Morgan fingerprint density at radius 1 is 1.09 bits per heavy atom. The third-order valence-corrected chi connectivity index (χ3v) is 13.6. The van der Waals surface area contributed by atoms with Crippen molar-refractivity contribution in [3.05, 3.63) is 42.6 Å². The fraction of sp³-hybridized carbons (Fsp3) is 0.634. The molecule has 6 rings (SSSR count). The van der Waals surface area contributed by atoms with Crippen molar-refractivity contribution in [2.75, 3.05) is 13.2 Å². The van der Waals surface area contributed by atoms with E-state index in [2.05, 4.69) is 9.71 Å². The molecule has 1 saturated heterocycles. The van der Waals surface area contributed by atoms with E-state index in [1.807, 2.05) is 50.3 Å². The maximum absolute atomic E-state index is 14.8. The zero-order chi connectivity index (χ0) is 41.3. The van der Waals surface area contributed by atoms with Crippen molar-refractivity contribution >= 4 is 44.4 Å². The first-order valence-corrected chi connectivity index (χ1v) is 21.5. The molecule has 312 valence electrons. The van der Waals surface area contributed by atoms with Gasteiger partial charge in [-0.05, 0) is 75.7 Å². The SMILES string of the molecule is CCCOc1cnc(O[C@@H]2C[C@H]3C(=O)C[C@]4(C(=O)NS(=O)(=O)C5CC5)C[C@H]4/C=C\CC[C@@H](C)C[C@@H](C)[C@H](CC(=O)O[C@H](C)C(F)(F)F)C(=O)N3C2)c2ccccc12. The minimum atomic E-state index is -4.80. The molecule has 0 spiro atoms. The van der Waals surface area contributed by atoms with Crippen LogP contribution in [0.1, 0.15) is 91.9 Å². The van der Waals surface area contributed by atoms with Gasteiger partial charge in [-0.15, -0.1) is 0 Å². The lowest BCUT2D eigenvalue weighted by Crippen LogP contribution is -2.47. The molecule has 16 heteroatoms. The van der Waals surface area contributed by atoms with Gasteiger partial charge in [0, 0.05) is 23.6 Å². The highest BCUT2D eigenvalue weighted by Crippen LogP contribution is 2.57. The minimum absolute atomic E-state index is 0.0136. The lowest BCUT2D eigenvalue weighted by atomic mass is 9.82. The second-order valence-corrected chi connectivity index (χ2v) is 18.4. The predicted molar refractivity (Wildman–Crippen MR) is 203 cm³/mol. The molecule has 3 fully saturated rings. The van der Waals surface area contributed by atoms with Crippen LogP contribution in [0.25, 0.3) is 10.8 Å². The van der Waals surface area contributed by atoms with Crippen LogP contribution in [-0.4, -0.2) is 84.7 Å². The number of alkyl halides is 3. The molecule has 0 radical (unpaired) electrons. The van der Waals surface area contributed by atoms with Gasteiger partial charge >= 0.3 is 12.1 Å². The van der Waals surface area contributed by atoms with E-state index < -0.39 is 92.9 Å². The van der Waals surface area contributed by atoms with Gasteiger partial charge < -0.3 is 19.1 Å². The Balaban J connectivity index is 1.34. The Hall–Kier alpha value is -4.21. The van der Waals surface area contributed by atoms with Gasteiger partial charge in [-0.2, -0.15) is 13.2 Å². The van der Waals surface area contributed by atoms with E-state index in [4.69, 9.17) is 14.2 Å². The van der Waals surface area contributed by atoms with E-state index >= 15 is 0 Å². The molecule has 1 aromatic heterocycles. The minimum Gasteiger partial charge on any atom is -0.491 e. The van der Waals surface area contributed by atoms with Gasteiger partial charge in [0.1, 0.15) is 11.9 Å². The number of esters is 1. The van der Waals surface area contributed by atoms with Crippen LogP contribution in [0.5, 0.6) is 11.6 Å². The lowest BCUT2D eigenvalue weighted by Gasteiger charge is -2.32. The number of nitrogens with zero attached hydrogens (tertiary/aromatic N) is 2. The second-order valence-electron chi connectivity index (χ2n) is 16.4. The number of pyridine rings is 1. The summed E-state index contributed by atoms with van der Waals surface area (Å²) in [6, 6.07) is 6.18. The summed E-state index contributed by atoms with van der Waals surface area (Å²) < 4.78 is 85.3. The van der Waals surface area contributed by atoms with Gasteiger partial charge in [-0.3, -0.25) is 23.9 Å². The normalized spacial score (nSPS) is 29.6. The molecule has 8 atom stereocenters. The third-order valence-electron chi connectivity index (χ3n) is 11.8. The molecular formula is C41H52F3N3O9S. The van der Waals surface area contributed by atoms with Crippen molar-refractivity contribution in [2.45, 2.75) is 122 Å². The number of rotatable bonds is 11. The van der Waals surface area contributed by atoms with Crippen LogP contribution in [0.2, 0.25) is 0 Å². The summed E-state index contributed by atoms with van der Waals surface area (Å²) in [5.74, 6) is -4.28. The average Bonchev–Trinajstić information content (AvgIpc) is 4.08. The summed E-state index contributed by atoms with van der Waals surface area (Å²) >= 11 is 0. The number of nitrogens with one attached hydrogen (secondary N) is 1. The van der Waals surface area contributed by atoms with Crippen molar-refractivity contribution < 1.29 is 55.0 Å². The van der Waals surface area contributed by atoms with E-state index in [9.17, 15) is 40.8 Å². The first-order chi connectivity index (χ1) is 26.9. The second kappa shape index (κ2) is 16.9. The molecular weight excluding hydrogens is 768 g/mol. The van der Waals surface area contributed by atoms with Gasteiger partial charge in [-0.1, -0.05) is 51.1 Å². The van der Waals surface area contributed by atoms with E-state index in [1.165, 1.54) is 4.90 Å². The summed E-state index contributed by atoms with van der Waals surface area (Å²) in [5, 5.41) is 0.718. The van der Waals surface area contributed by atoms with Crippen molar-refractivity contribution in [1.29, 1.82) is 0 Å². The number of allylic oxidation sites excluding steroid dienone is 2. The topological polar surface area (TPSA) is 158 Å². The quantitative estimate of drug-likeness (QED) is 0.197. The van der Waals surface area contributed by atoms with Gasteiger partial charge in [0.15, 0.2) is 11.9 Å². The zero-order valence-corrected chi connectivity index (χ0v) is 33.6. The van der Waals surface area contributed by atoms with Crippen LogP contribution in [0, 0.1) is 29.1 Å². The molecule has 4 aliphatic rings. The van der Waals surface area contributed by atoms with E-state index in [0.717, 1.165) is 18.7 Å². The lowest BCUT2D eigenvalue weighted by molar-refractivity contribution is -0.216. The molecule has 3 heterocycles. The monoisotopic (exact) mass is 819 g/mol. The number of halogens is 3. The smallest absolute Gasteiger partial charge is 0.425 e. The van der Waals surface area contributed by atoms with Gasteiger partial charge in [0.2, 0.25) is 27.7 Å². The summed E-state index contributed by atoms with van der Waals surface area (Å²) in [6.07, 6.45) is -0.0443. The number of sulfonamides is 1. The van der Waals surface area contributed by atoms with Gasteiger partial charge in [0.25, 0.3) is 0 Å². The van der Waals surface area contributed by atoms with Crippen LogP contribution < -0.4 is 14.2 Å². The number of ketones is 1. The van der Waals surface area contributed by atoms with Crippen molar-refractivity contribution in [1.82, 2.24) is 14.6 Å². The highest BCUT2D eigenvalue weighted by molar-refractivity contribution is 7.90. The highest BCUT2D eigenvalue weighted by Gasteiger charge is 2.61. The molecule has 2 aliphatic carbocycles. The summed E-state index contributed by atoms with van der Waals surface area (Å²) in [6.45, 7) is 6.80. The van der Waals surface area contributed by atoms with Gasteiger partial charge in [0.05, 0.1) is 48.4 Å². The maximum atomic E-state index is 14.8. The third kappa shape index (κ3) is 9.74. The van der Waals surface area contributed by atoms with Crippen LogP contribution in [0.15, 0.2) is 42.6 Å². The van der Waals surface area contributed by atoms with Crippen molar-refractivity contribution in [3.63, 3.8) is 0 Å². The first kappa shape index (κ1) is 42.4. The number of amides is 2. The van der Waals surface area contributed by atoms with Crippen LogP contribution in [-0.2, 0) is 33.9 Å². The number of hydrogen-bond acceptors (Lipinski definition) is 10. The van der Waals surface area contributed by atoms with Crippen LogP contribution in [0.3, 0.4) is 0 Å². The number of benzene rings is 1. The molecule has 1 N–H and O–H groups in total. The largest absolute Gasteiger partial charge is 0.491 e. The Bertz CT molecular complexity index is 1990. The number of ether oxygens (including phenoxy) is 3. The standard InChI is InChI=1S/C41H52F3N3O9S/c1-5-16-54-35-22-45-37(31-13-9-8-12-30(31)35)56-28-18-33-34(48)21-40(39(51)46-57(52,53)29-14-15-29)20-27(40)11-7-6-10-24(2)17-25(3)32(38(50)47(33)23-28)19-36(49)55-26(4)41(42,43)44/h7-9,11-13,22,24-29,32-33H,5-6,10,14-21,23H2,1-4H3,(H,46,51)/b11-7-/t24-,25-,26-,27-,28-,32+,33+,40-/m1/s1. The Kier molecular flexibility index (Phi) is 12.6. The molecule has 2 aromatic rings. The summed E-state index contributed by atoms with van der Waals surface area (Å²) in [4.78, 5) is 62.1. The van der Waals surface area contributed by atoms with E-state index in [-0.39, 0.29) is 37.6 Å². The Morgan fingerprint density at radius 3 is 2.49 bits per heavy atom. The molecule has 2 saturated carbocycles. The van der Waals surface area contributed by atoms with Gasteiger partial charge in [-0.25, -0.2) is 13.4 Å². The Morgan fingerprint density at radius 2 is 1.81 bits per heavy atom. The molecule has 57 heavy (non-hydrogen) atoms.